The van der Waals surface area contributed by atoms with E-state index in [2.05, 4.69) is 10.3 Å². The van der Waals surface area contributed by atoms with Gasteiger partial charge in [0.15, 0.2) is 5.17 Å². The molecular weight excluding hydrogens is 396 g/mol. The Bertz CT molecular complexity index is 922. The van der Waals surface area contributed by atoms with Crippen molar-refractivity contribution in [1.29, 1.82) is 0 Å². The summed E-state index contributed by atoms with van der Waals surface area (Å²) in [5, 5.41) is 3.88. The molecule has 0 atom stereocenters. The molecule has 1 heterocycles. The molecule has 1 aliphatic heterocycles. The number of unbranched alkanes of at least 4 members (excludes halogenated alkanes) is 1. The molecule has 0 spiro atoms. The molecular formula is C21H19ClN2O3S. The SMILES string of the molecule is CCCCOC(=O)c1ccc(N=C2NC(=O)/C(=C/c3ccc(Cl)cc3)S2)cc1. The van der Waals surface area contributed by atoms with E-state index in [9.17, 15) is 9.59 Å². The van der Waals surface area contributed by atoms with E-state index in [0.717, 1.165) is 18.4 Å². The normalized spacial score (nSPS) is 16.4. The second-order valence-corrected chi connectivity index (χ2v) is 7.54. The van der Waals surface area contributed by atoms with Crippen molar-refractivity contribution in [3.63, 3.8) is 0 Å². The minimum absolute atomic E-state index is 0.199. The maximum atomic E-state index is 12.1. The number of nitrogens with one attached hydrogen (secondary N) is 1. The Labute approximate surface area is 172 Å². The number of benzene rings is 2. The maximum absolute atomic E-state index is 12.1. The van der Waals surface area contributed by atoms with Crippen LogP contribution in [0.25, 0.3) is 6.08 Å². The first-order valence-corrected chi connectivity index (χ1v) is 10.1. The van der Waals surface area contributed by atoms with E-state index in [1.54, 1.807) is 42.5 Å². The fourth-order valence-corrected chi connectivity index (χ4v) is 3.34. The summed E-state index contributed by atoms with van der Waals surface area (Å²) in [6.45, 7) is 2.46. The largest absolute Gasteiger partial charge is 0.462 e. The summed E-state index contributed by atoms with van der Waals surface area (Å²) in [5.41, 5.74) is 2.00. The average molecular weight is 415 g/mol. The summed E-state index contributed by atoms with van der Waals surface area (Å²) in [4.78, 5) is 29.0. The third-order valence-corrected chi connectivity index (χ3v) is 5.05. The minimum Gasteiger partial charge on any atom is -0.462 e. The van der Waals surface area contributed by atoms with Gasteiger partial charge in [-0.25, -0.2) is 9.79 Å². The molecule has 28 heavy (non-hydrogen) atoms. The first-order chi connectivity index (χ1) is 13.5. The lowest BCUT2D eigenvalue weighted by Crippen LogP contribution is -2.19. The second-order valence-electron chi connectivity index (χ2n) is 6.07. The predicted molar refractivity (Wildman–Crippen MR) is 114 cm³/mol. The molecule has 1 saturated heterocycles. The van der Waals surface area contributed by atoms with Gasteiger partial charge in [0, 0.05) is 5.02 Å². The predicted octanol–water partition coefficient (Wildman–Crippen LogP) is 5.19. The van der Waals surface area contributed by atoms with Crippen LogP contribution < -0.4 is 5.32 Å². The molecule has 7 heteroatoms. The molecule has 144 valence electrons. The van der Waals surface area contributed by atoms with E-state index in [-0.39, 0.29) is 11.9 Å². The first-order valence-electron chi connectivity index (χ1n) is 8.87. The van der Waals surface area contributed by atoms with Crippen molar-refractivity contribution < 1.29 is 14.3 Å². The Balaban J connectivity index is 1.66. The molecule has 2 aromatic carbocycles. The van der Waals surface area contributed by atoms with Crippen LogP contribution in [-0.4, -0.2) is 23.7 Å². The lowest BCUT2D eigenvalue weighted by Gasteiger charge is -2.04. The maximum Gasteiger partial charge on any atom is 0.338 e. The number of esters is 1. The Hall–Kier alpha value is -2.57. The summed E-state index contributed by atoms with van der Waals surface area (Å²) < 4.78 is 5.18. The summed E-state index contributed by atoms with van der Waals surface area (Å²) in [6.07, 6.45) is 3.61. The van der Waals surface area contributed by atoms with E-state index >= 15 is 0 Å². The van der Waals surface area contributed by atoms with Crippen LogP contribution in [0.15, 0.2) is 58.4 Å². The summed E-state index contributed by atoms with van der Waals surface area (Å²) >= 11 is 7.14. The topological polar surface area (TPSA) is 67.8 Å². The van der Waals surface area contributed by atoms with Crippen LogP contribution >= 0.6 is 23.4 Å². The number of nitrogens with zero attached hydrogens (tertiary/aromatic N) is 1. The van der Waals surface area contributed by atoms with Gasteiger partial charge < -0.3 is 10.1 Å². The number of thioether (sulfide) groups is 1. The van der Waals surface area contributed by atoms with Crippen LogP contribution in [-0.2, 0) is 9.53 Å². The van der Waals surface area contributed by atoms with Gasteiger partial charge in [-0.05, 0) is 66.2 Å². The van der Waals surface area contributed by atoms with Gasteiger partial charge in [0.2, 0.25) is 0 Å². The molecule has 0 saturated carbocycles. The Morgan fingerprint density at radius 1 is 1.18 bits per heavy atom. The average Bonchev–Trinajstić information content (AvgIpc) is 3.03. The van der Waals surface area contributed by atoms with Crippen LogP contribution in [0.4, 0.5) is 5.69 Å². The first kappa shape index (κ1) is 20.2. The molecule has 0 aliphatic carbocycles. The molecule has 1 fully saturated rings. The molecule has 1 N–H and O–H groups in total. The number of halogens is 1. The highest BCUT2D eigenvalue weighted by molar-refractivity contribution is 8.18. The molecule has 0 bridgehead atoms. The number of ether oxygens (including phenoxy) is 1. The van der Waals surface area contributed by atoms with Gasteiger partial charge in [-0.2, -0.15) is 0 Å². The Morgan fingerprint density at radius 2 is 1.89 bits per heavy atom. The van der Waals surface area contributed by atoms with Crippen LogP contribution in [0.3, 0.4) is 0 Å². The monoisotopic (exact) mass is 414 g/mol. The van der Waals surface area contributed by atoms with Gasteiger partial charge in [0.1, 0.15) is 0 Å². The fourth-order valence-electron chi connectivity index (χ4n) is 2.37. The van der Waals surface area contributed by atoms with E-state index in [1.807, 2.05) is 19.1 Å². The molecule has 2 aromatic rings. The van der Waals surface area contributed by atoms with Gasteiger partial charge in [-0.15, -0.1) is 0 Å². The number of hydrogen-bond donors (Lipinski definition) is 1. The lowest BCUT2D eigenvalue weighted by molar-refractivity contribution is -0.115. The highest BCUT2D eigenvalue weighted by Crippen LogP contribution is 2.28. The number of carbonyl (C=O) groups is 2. The lowest BCUT2D eigenvalue weighted by atomic mass is 10.2. The fraction of sp³-hybridized carbons (Fsp3) is 0.190. The Kier molecular flexibility index (Phi) is 6.90. The Morgan fingerprint density at radius 3 is 2.57 bits per heavy atom. The summed E-state index contributed by atoms with van der Waals surface area (Å²) in [6, 6.07) is 14.0. The summed E-state index contributed by atoms with van der Waals surface area (Å²) in [5.74, 6) is -0.542. The van der Waals surface area contributed by atoms with Crippen LogP contribution in [0.2, 0.25) is 5.02 Å². The third kappa shape index (κ3) is 5.47. The van der Waals surface area contributed by atoms with Crippen molar-refractivity contribution >= 4 is 52.2 Å². The van der Waals surface area contributed by atoms with E-state index in [0.29, 0.717) is 33.0 Å². The molecule has 1 amide bonds. The number of rotatable bonds is 6. The number of carbonyl (C=O) groups excluding carboxylic acids is 2. The summed E-state index contributed by atoms with van der Waals surface area (Å²) in [7, 11) is 0. The van der Waals surface area contributed by atoms with Gasteiger partial charge in [0.25, 0.3) is 5.91 Å². The van der Waals surface area contributed by atoms with E-state index in [4.69, 9.17) is 16.3 Å². The number of hydrogen-bond acceptors (Lipinski definition) is 5. The molecule has 3 rings (SSSR count). The third-order valence-electron chi connectivity index (χ3n) is 3.88. The molecule has 0 aromatic heterocycles. The van der Waals surface area contributed by atoms with E-state index in [1.165, 1.54) is 11.8 Å². The molecule has 1 aliphatic rings. The zero-order valence-corrected chi connectivity index (χ0v) is 16.8. The van der Waals surface area contributed by atoms with Gasteiger partial charge in [-0.3, -0.25) is 4.79 Å². The molecule has 5 nitrogen and oxygen atoms in total. The molecule has 0 unspecified atom stereocenters. The van der Waals surface area contributed by atoms with Crippen LogP contribution in [0.1, 0.15) is 35.7 Å². The standard InChI is InChI=1S/C21H19ClN2O3S/c1-2-3-12-27-20(26)15-6-10-17(11-7-15)23-21-24-19(25)18(28-21)13-14-4-8-16(22)9-5-14/h4-11,13H,2-3,12H2,1H3,(H,23,24,25)/b18-13-. The van der Waals surface area contributed by atoms with Crippen molar-refractivity contribution in [2.24, 2.45) is 4.99 Å². The van der Waals surface area contributed by atoms with Crippen molar-refractivity contribution in [3.05, 3.63) is 69.6 Å². The second kappa shape index (κ2) is 9.57. The van der Waals surface area contributed by atoms with Crippen LogP contribution in [0, 0.1) is 0 Å². The minimum atomic E-state index is -0.343. The van der Waals surface area contributed by atoms with Crippen LogP contribution in [0.5, 0.6) is 0 Å². The highest BCUT2D eigenvalue weighted by atomic mass is 35.5. The van der Waals surface area contributed by atoms with E-state index < -0.39 is 0 Å². The molecule has 0 radical (unpaired) electrons. The van der Waals surface area contributed by atoms with Crippen molar-refractivity contribution in [3.8, 4) is 0 Å². The van der Waals surface area contributed by atoms with Crippen molar-refractivity contribution in [1.82, 2.24) is 5.32 Å². The smallest absolute Gasteiger partial charge is 0.338 e. The zero-order valence-electron chi connectivity index (χ0n) is 15.3. The number of amides is 1. The quantitative estimate of drug-likeness (QED) is 0.401. The van der Waals surface area contributed by atoms with Crippen molar-refractivity contribution in [2.75, 3.05) is 6.61 Å². The van der Waals surface area contributed by atoms with Crippen molar-refractivity contribution in [2.45, 2.75) is 19.8 Å². The van der Waals surface area contributed by atoms with Gasteiger partial charge >= 0.3 is 5.97 Å². The van der Waals surface area contributed by atoms with Gasteiger partial charge in [0.05, 0.1) is 22.8 Å². The number of amidine groups is 1. The zero-order chi connectivity index (χ0) is 19.9. The van der Waals surface area contributed by atoms with Gasteiger partial charge in [-0.1, -0.05) is 37.1 Å². The number of aliphatic imine (C=N–C) groups is 1. The highest BCUT2D eigenvalue weighted by Gasteiger charge is 2.23.